The van der Waals surface area contributed by atoms with Crippen molar-refractivity contribution in [3.8, 4) is 5.75 Å². The summed E-state index contributed by atoms with van der Waals surface area (Å²) >= 11 is 0. The zero-order chi connectivity index (χ0) is 13.6. The molecule has 0 amide bonds. The van der Waals surface area contributed by atoms with E-state index in [0.29, 0.717) is 5.92 Å². The summed E-state index contributed by atoms with van der Waals surface area (Å²) in [5.74, 6) is 1.27. The fraction of sp³-hybridized carbons (Fsp3) is 0.267. The molecule has 4 nitrogen and oxygen atoms in total. The third-order valence-corrected chi connectivity index (χ3v) is 3.78. The molecule has 0 saturated carbocycles. The Morgan fingerprint density at radius 1 is 1.37 bits per heavy atom. The molecule has 0 bridgehead atoms. The molecule has 2 aromatic carbocycles. The van der Waals surface area contributed by atoms with Crippen LogP contribution in [0.4, 0.5) is 5.69 Å². The van der Waals surface area contributed by atoms with Crippen LogP contribution >= 0.6 is 0 Å². The minimum atomic E-state index is 0.0861. The topological polar surface area (TPSA) is 62.3 Å². The molecular formula is C15H17N3O. The second kappa shape index (κ2) is 4.16. The van der Waals surface area contributed by atoms with Crippen LogP contribution in [0.3, 0.4) is 0 Å². The summed E-state index contributed by atoms with van der Waals surface area (Å²) in [4.78, 5) is 1.84. The van der Waals surface area contributed by atoms with Gasteiger partial charge in [-0.2, -0.15) is 0 Å². The lowest BCUT2D eigenvalue weighted by atomic mass is 9.95. The lowest BCUT2D eigenvalue weighted by molar-refractivity contribution is 0.420. The van der Waals surface area contributed by atoms with E-state index >= 15 is 0 Å². The number of nitrogens with two attached hydrogens (primary N) is 1. The van der Waals surface area contributed by atoms with Crippen LogP contribution < -0.4 is 15.4 Å². The number of nitrogens with zero attached hydrogens (tertiary/aromatic N) is 1. The van der Waals surface area contributed by atoms with E-state index in [1.54, 1.807) is 7.11 Å². The van der Waals surface area contributed by atoms with Gasteiger partial charge in [-0.05, 0) is 10.9 Å². The summed E-state index contributed by atoms with van der Waals surface area (Å²) in [5, 5.41) is 10.0. The Morgan fingerprint density at radius 2 is 2.05 bits per heavy atom. The van der Waals surface area contributed by atoms with E-state index in [-0.39, 0.29) is 5.96 Å². The van der Waals surface area contributed by atoms with Gasteiger partial charge in [0.05, 0.1) is 12.8 Å². The Morgan fingerprint density at radius 3 is 2.68 bits per heavy atom. The molecule has 98 valence electrons. The van der Waals surface area contributed by atoms with Crippen molar-refractivity contribution in [3.63, 3.8) is 0 Å². The number of anilines is 1. The minimum Gasteiger partial charge on any atom is -0.496 e. The van der Waals surface area contributed by atoms with E-state index in [1.165, 1.54) is 10.9 Å². The van der Waals surface area contributed by atoms with Crippen LogP contribution in [-0.4, -0.2) is 19.6 Å². The normalized spacial score (nSPS) is 17.6. The molecule has 0 aliphatic carbocycles. The maximum atomic E-state index is 7.71. The Hall–Kier alpha value is -2.23. The van der Waals surface area contributed by atoms with Gasteiger partial charge in [-0.1, -0.05) is 31.2 Å². The third kappa shape index (κ3) is 1.63. The van der Waals surface area contributed by atoms with Gasteiger partial charge >= 0.3 is 0 Å². The number of rotatable bonds is 1. The van der Waals surface area contributed by atoms with E-state index in [9.17, 15) is 0 Å². The van der Waals surface area contributed by atoms with Gasteiger partial charge in [0.1, 0.15) is 5.75 Å². The minimum absolute atomic E-state index is 0.0861. The monoisotopic (exact) mass is 255 g/mol. The van der Waals surface area contributed by atoms with Crippen molar-refractivity contribution in [1.29, 1.82) is 5.41 Å². The van der Waals surface area contributed by atoms with Crippen LogP contribution in [0.2, 0.25) is 0 Å². The summed E-state index contributed by atoms with van der Waals surface area (Å²) in [5.41, 5.74) is 7.93. The van der Waals surface area contributed by atoms with Crippen molar-refractivity contribution in [3.05, 3.63) is 35.9 Å². The van der Waals surface area contributed by atoms with E-state index in [0.717, 1.165) is 23.4 Å². The molecule has 1 aliphatic heterocycles. The second-order valence-electron chi connectivity index (χ2n) is 4.95. The predicted octanol–water partition coefficient (Wildman–Crippen LogP) is 2.67. The van der Waals surface area contributed by atoms with Gasteiger partial charge in [-0.15, -0.1) is 0 Å². The zero-order valence-electron chi connectivity index (χ0n) is 11.1. The Kier molecular flexibility index (Phi) is 2.59. The molecule has 1 aliphatic rings. The quantitative estimate of drug-likeness (QED) is 0.608. The highest BCUT2D eigenvalue weighted by Gasteiger charge is 2.30. The highest BCUT2D eigenvalue weighted by molar-refractivity contribution is 6.03. The maximum absolute atomic E-state index is 7.71. The molecule has 3 N–H and O–H groups in total. The Balaban J connectivity index is 2.36. The summed E-state index contributed by atoms with van der Waals surface area (Å²) in [6.07, 6.45) is 0. The van der Waals surface area contributed by atoms with Crippen LogP contribution in [0.1, 0.15) is 18.4 Å². The van der Waals surface area contributed by atoms with Gasteiger partial charge in [0.15, 0.2) is 5.96 Å². The molecule has 1 unspecified atom stereocenters. The van der Waals surface area contributed by atoms with Gasteiger partial charge in [0.2, 0.25) is 0 Å². The standard InChI is InChI=1S/C15H17N3O/c1-9-8-18(15(16)17)12-7-13(19-2)10-5-3-4-6-11(10)14(9)12/h3-7,9H,8H2,1-2H3,(H3,16,17). The summed E-state index contributed by atoms with van der Waals surface area (Å²) < 4.78 is 5.48. The van der Waals surface area contributed by atoms with E-state index < -0.39 is 0 Å². The number of benzene rings is 2. The zero-order valence-corrected chi connectivity index (χ0v) is 11.1. The van der Waals surface area contributed by atoms with Crippen molar-refractivity contribution in [2.24, 2.45) is 5.73 Å². The number of methoxy groups -OCH3 is 1. The number of guanidine groups is 1. The summed E-state index contributed by atoms with van der Waals surface area (Å²) in [7, 11) is 1.67. The first kappa shape index (κ1) is 11.8. The van der Waals surface area contributed by atoms with Gasteiger partial charge < -0.3 is 15.4 Å². The number of hydrogen-bond acceptors (Lipinski definition) is 2. The first-order valence-corrected chi connectivity index (χ1v) is 6.34. The molecular weight excluding hydrogens is 238 g/mol. The molecule has 0 saturated heterocycles. The van der Waals surface area contributed by atoms with Crippen molar-refractivity contribution < 1.29 is 4.74 Å². The Bertz CT molecular complexity index is 666. The molecule has 1 heterocycles. The van der Waals surface area contributed by atoms with Gasteiger partial charge in [-0.25, -0.2) is 0 Å². The lowest BCUT2D eigenvalue weighted by Gasteiger charge is -2.18. The van der Waals surface area contributed by atoms with Crippen molar-refractivity contribution in [2.45, 2.75) is 12.8 Å². The van der Waals surface area contributed by atoms with Crippen LogP contribution in [0.5, 0.6) is 5.75 Å². The molecule has 0 radical (unpaired) electrons. The molecule has 0 spiro atoms. The fourth-order valence-corrected chi connectivity index (χ4v) is 2.95. The average molecular weight is 255 g/mol. The van der Waals surface area contributed by atoms with E-state index in [1.807, 2.05) is 23.1 Å². The third-order valence-electron chi connectivity index (χ3n) is 3.78. The van der Waals surface area contributed by atoms with E-state index in [4.69, 9.17) is 15.9 Å². The fourth-order valence-electron chi connectivity index (χ4n) is 2.95. The van der Waals surface area contributed by atoms with E-state index in [2.05, 4.69) is 19.1 Å². The SMILES string of the molecule is COc1cc2c(c3ccccc13)C(C)CN2C(=N)N. The molecule has 4 heteroatoms. The number of hydrogen-bond donors (Lipinski definition) is 2. The number of nitrogens with one attached hydrogen (secondary N) is 1. The maximum Gasteiger partial charge on any atom is 0.192 e. The van der Waals surface area contributed by atoms with Crippen molar-refractivity contribution in [1.82, 2.24) is 0 Å². The number of ether oxygens (including phenoxy) is 1. The van der Waals surface area contributed by atoms with Gasteiger partial charge in [-0.3, -0.25) is 5.41 Å². The second-order valence-corrected chi connectivity index (χ2v) is 4.95. The largest absolute Gasteiger partial charge is 0.496 e. The van der Waals surface area contributed by atoms with Crippen molar-refractivity contribution in [2.75, 3.05) is 18.6 Å². The first-order chi connectivity index (χ1) is 9.13. The molecule has 3 rings (SSSR count). The van der Waals surface area contributed by atoms with Crippen LogP contribution in [0.25, 0.3) is 10.8 Å². The number of fused-ring (bicyclic) bond motifs is 3. The molecule has 2 aromatic rings. The summed E-state index contributed by atoms with van der Waals surface area (Å²) in [6, 6.07) is 10.2. The van der Waals surface area contributed by atoms with Crippen LogP contribution in [0.15, 0.2) is 30.3 Å². The van der Waals surface area contributed by atoms with Crippen LogP contribution in [0, 0.1) is 5.41 Å². The van der Waals surface area contributed by atoms with Crippen LogP contribution in [-0.2, 0) is 0 Å². The van der Waals surface area contributed by atoms with Gasteiger partial charge in [0, 0.05) is 23.9 Å². The summed E-state index contributed by atoms with van der Waals surface area (Å²) in [6.45, 7) is 2.92. The predicted molar refractivity (Wildman–Crippen MR) is 78.2 cm³/mol. The average Bonchev–Trinajstić information content (AvgIpc) is 2.75. The highest BCUT2D eigenvalue weighted by Crippen LogP contribution is 2.44. The molecule has 0 fully saturated rings. The molecule has 0 aromatic heterocycles. The molecule has 19 heavy (non-hydrogen) atoms. The molecule has 1 atom stereocenters. The highest BCUT2D eigenvalue weighted by atomic mass is 16.5. The first-order valence-electron chi connectivity index (χ1n) is 6.34. The van der Waals surface area contributed by atoms with Crippen molar-refractivity contribution >= 4 is 22.4 Å². The van der Waals surface area contributed by atoms with Gasteiger partial charge in [0.25, 0.3) is 0 Å². The lowest BCUT2D eigenvalue weighted by Crippen LogP contribution is -2.35. The smallest absolute Gasteiger partial charge is 0.192 e. The Labute approximate surface area is 112 Å².